The summed E-state index contributed by atoms with van der Waals surface area (Å²) in [6.07, 6.45) is 4.93. The van der Waals surface area contributed by atoms with E-state index in [1.54, 1.807) is 0 Å². The van der Waals surface area contributed by atoms with Crippen LogP contribution in [0.3, 0.4) is 0 Å². The molecule has 1 aliphatic carbocycles. The molecule has 1 saturated carbocycles. The maximum absolute atomic E-state index is 13.2. The number of para-hydroxylation sites is 1. The number of ether oxygens (including phenoxy) is 1. The number of hydrogen-bond acceptors (Lipinski definition) is 4. The minimum atomic E-state index is -0.105. The molecule has 0 aromatic heterocycles. The Balaban J connectivity index is 1.29. The molecule has 38 heavy (non-hydrogen) atoms. The largest absolute Gasteiger partial charge is 0.469 e. The zero-order valence-electron chi connectivity index (χ0n) is 22.4. The summed E-state index contributed by atoms with van der Waals surface area (Å²) < 4.78 is 4.84. The molecule has 3 aromatic carbocycles. The Morgan fingerprint density at radius 1 is 0.895 bits per heavy atom. The van der Waals surface area contributed by atoms with Crippen molar-refractivity contribution in [1.82, 2.24) is 4.90 Å². The van der Waals surface area contributed by atoms with Gasteiger partial charge in [-0.05, 0) is 91.1 Å². The second-order valence-corrected chi connectivity index (χ2v) is 10.6. The Morgan fingerprint density at radius 2 is 1.61 bits per heavy atom. The Hall–Kier alpha value is -3.64. The van der Waals surface area contributed by atoms with Crippen LogP contribution in [-0.4, -0.2) is 44.1 Å². The molecular weight excluding hydrogens is 474 g/mol. The molecule has 198 valence electrons. The van der Waals surface area contributed by atoms with Crippen molar-refractivity contribution in [3.05, 3.63) is 83.9 Å². The summed E-state index contributed by atoms with van der Waals surface area (Å²) in [6.45, 7) is 2.24. The summed E-state index contributed by atoms with van der Waals surface area (Å²) in [4.78, 5) is 28.9. The summed E-state index contributed by atoms with van der Waals surface area (Å²) in [5, 5.41) is 3.04. The van der Waals surface area contributed by atoms with Gasteiger partial charge < -0.3 is 15.0 Å². The smallest absolute Gasteiger partial charge is 0.326 e. The zero-order valence-corrected chi connectivity index (χ0v) is 22.4. The van der Waals surface area contributed by atoms with Gasteiger partial charge in [0.25, 0.3) is 0 Å². The van der Waals surface area contributed by atoms with Crippen molar-refractivity contribution in [2.75, 3.05) is 37.5 Å². The third kappa shape index (κ3) is 6.08. The van der Waals surface area contributed by atoms with E-state index in [2.05, 4.69) is 59.7 Å². The number of likely N-dealkylation sites (N-methyl/N-ethyl adjacent to an activating group) is 1. The highest BCUT2D eigenvalue weighted by atomic mass is 16.5. The van der Waals surface area contributed by atoms with Gasteiger partial charge in [-0.2, -0.15) is 0 Å². The second-order valence-electron chi connectivity index (χ2n) is 10.6. The van der Waals surface area contributed by atoms with Gasteiger partial charge in [0.1, 0.15) is 0 Å². The quantitative estimate of drug-likeness (QED) is 0.389. The second kappa shape index (κ2) is 11.8. The van der Waals surface area contributed by atoms with Crippen LogP contribution in [0.1, 0.15) is 49.1 Å². The van der Waals surface area contributed by atoms with Crippen LogP contribution in [0.15, 0.2) is 72.8 Å². The maximum atomic E-state index is 13.2. The number of methoxy groups -OCH3 is 1. The van der Waals surface area contributed by atoms with E-state index in [0.717, 1.165) is 61.3 Å². The summed E-state index contributed by atoms with van der Waals surface area (Å²) >= 11 is 0. The lowest BCUT2D eigenvalue weighted by Gasteiger charge is -2.28. The number of carbonyl (C=O) groups excluding carboxylic acids is 2. The topological polar surface area (TPSA) is 61.9 Å². The number of anilines is 2. The Bertz CT molecular complexity index is 1250. The van der Waals surface area contributed by atoms with Crippen LogP contribution >= 0.6 is 0 Å². The van der Waals surface area contributed by atoms with Gasteiger partial charge in [0, 0.05) is 37.4 Å². The first-order valence-electron chi connectivity index (χ1n) is 13.6. The molecular formula is C32H37N3O3. The lowest BCUT2D eigenvalue weighted by molar-refractivity contribution is -0.142. The molecule has 2 aliphatic rings. The van der Waals surface area contributed by atoms with Crippen molar-refractivity contribution in [3.63, 3.8) is 0 Å². The van der Waals surface area contributed by atoms with Crippen molar-refractivity contribution < 1.29 is 14.3 Å². The number of fused-ring (bicyclic) bond motifs is 1. The van der Waals surface area contributed by atoms with Crippen molar-refractivity contribution >= 4 is 23.4 Å². The fourth-order valence-corrected chi connectivity index (χ4v) is 5.81. The van der Waals surface area contributed by atoms with E-state index < -0.39 is 0 Å². The number of benzene rings is 3. The molecule has 1 N–H and O–H groups in total. The summed E-state index contributed by atoms with van der Waals surface area (Å²) in [7, 11) is 3.57. The minimum Gasteiger partial charge on any atom is -0.469 e. The first-order valence-corrected chi connectivity index (χ1v) is 13.6. The van der Waals surface area contributed by atoms with Gasteiger partial charge in [0.15, 0.2) is 0 Å². The summed E-state index contributed by atoms with van der Waals surface area (Å²) in [5.74, 6) is 0.907. The van der Waals surface area contributed by atoms with E-state index in [9.17, 15) is 9.59 Å². The van der Waals surface area contributed by atoms with Crippen LogP contribution in [0.5, 0.6) is 0 Å². The number of urea groups is 1. The molecule has 6 heteroatoms. The monoisotopic (exact) mass is 511 g/mol. The van der Waals surface area contributed by atoms with E-state index in [1.807, 2.05) is 35.2 Å². The normalized spacial score (nSPS) is 19.8. The number of rotatable bonds is 5. The highest BCUT2D eigenvalue weighted by Crippen LogP contribution is 2.38. The lowest BCUT2D eigenvalue weighted by Crippen LogP contribution is -2.38. The summed E-state index contributed by atoms with van der Waals surface area (Å²) in [5.41, 5.74) is 6.64. The SMILES string of the molecule is COC(=O)CC1CCC(c2ccc(-c3ccc4c(c3)CN(C)CCN4C(=O)Nc3ccccc3)cc2)CC1. The van der Waals surface area contributed by atoms with Gasteiger partial charge in [0.2, 0.25) is 0 Å². The number of esters is 1. The van der Waals surface area contributed by atoms with Crippen LogP contribution in [0, 0.1) is 5.92 Å². The molecule has 3 aromatic rings. The number of carbonyl (C=O) groups is 2. The molecule has 0 unspecified atom stereocenters. The van der Waals surface area contributed by atoms with Crippen LogP contribution < -0.4 is 10.2 Å². The van der Waals surface area contributed by atoms with E-state index in [4.69, 9.17) is 4.74 Å². The fraction of sp³-hybridized carbons (Fsp3) is 0.375. The average molecular weight is 512 g/mol. The van der Waals surface area contributed by atoms with Gasteiger partial charge in [-0.15, -0.1) is 0 Å². The minimum absolute atomic E-state index is 0.0929. The lowest BCUT2D eigenvalue weighted by atomic mass is 9.77. The van der Waals surface area contributed by atoms with E-state index in [1.165, 1.54) is 18.2 Å². The molecule has 1 heterocycles. The van der Waals surface area contributed by atoms with Crippen LogP contribution in [-0.2, 0) is 16.1 Å². The Labute approximate surface area is 225 Å². The molecule has 0 atom stereocenters. The number of nitrogens with zero attached hydrogens (tertiary/aromatic N) is 2. The van der Waals surface area contributed by atoms with Crippen LogP contribution in [0.2, 0.25) is 0 Å². The van der Waals surface area contributed by atoms with Crippen molar-refractivity contribution in [1.29, 1.82) is 0 Å². The van der Waals surface area contributed by atoms with Crippen molar-refractivity contribution in [3.8, 4) is 11.1 Å². The molecule has 1 fully saturated rings. The van der Waals surface area contributed by atoms with Gasteiger partial charge in [-0.1, -0.05) is 48.5 Å². The average Bonchev–Trinajstić information content (AvgIpc) is 3.11. The molecule has 1 aliphatic heterocycles. The first-order chi connectivity index (χ1) is 18.5. The Kier molecular flexibility index (Phi) is 8.08. The molecule has 0 saturated heterocycles. The van der Waals surface area contributed by atoms with E-state index in [0.29, 0.717) is 24.8 Å². The first kappa shape index (κ1) is 26.0. The predicted octanol–water partition coefficient (Wildman–Crippen LogP) is 6.67. The number of amides is 2. The zero-order chi connectivity index (χ0) is 26.5. The molecule has 0 bridgehead atoms. The molecule has 5 rings (SSSR count). The van der Waals surface area contributed by atoms with E-state index >= 15 is 0 Å². The van der Waals surface area contributed by atoms with Crippen molar-refractivity contribution in [2.45, 2.75) is 44.6 Å². The molecule has 0 spiro atoms. The van der Waals surface area contributed by atoms with Crippen molar-refractivity contribution in [2.24, 2.45) is 5.92 Å². The standard InChI is InChI=1S/C32H37N3O3/c1-34-18-19-35(32(37)33-29-6-4-3-5-7-29)30-17-16-27(21-28(30)22-34)26-14-12-25(13-15-26)24-10-8-23(9-11-24)20-31(36)38-2/h3-7,12-17,21,23-24H,8-11,18-20,22H2,1-2H3,(H,33,37). The third-order valence-corrected chi connectivity index (χ3v) is 8.03. The Morgan fingerprint density at radius 3 is 2.32 bits per heavy atom. The van der Waals surface area contributed by atoms with Gasteiger partial charge in [0.05, 0.1) is 7.11 Å². The number of nitrogens with one attached hydrogen (secondary N) is 1. The molecule has 2 amide bonds. The van der Waals surface area contributed by atoms with Gasteiger partial charge in [-0.25, -0.2) is 4.79 Å². The highest BCUT2D eigenvalue weighted by Gasteiger charge is 2.25. The van der Waals surface area contributed by atoms with Crippen LogP contribution in [0.4, 0.5) is 16.2 Å². The summed E-state index contributed by atoms with van der Waals surface area (Å²) in [6, 6.07) is 24.9. The van der Waals surface area contributed by atoms with E-state index in [-0.39, 0.29) is 12.0 Å². The number of hydrogen-bond donors (Lipinski definition) is 1. The van der Waals surface area contributed by atoms with Gasteiger partial charge in [-0.3, -0.25) is 9.69 Å². The molecule has 6 nitrogen and oxygen atoms in total. The maximum Gasteiger partial charge on any atom is 0.326 e. The van der Waals surface area contributed by atoms with Crippen LogP contribution in [0.25, 0.3) is 11.1 Å². The predicted molar refractivity (Wildman–Crippen MR) is 152 cm³/mol. The van der Waals surface area contributed by atoms with Gasteiger partial charge >= 0.3 is 12.0 Å². The highest BCUT2D eigenvalue weighted by molar-refractivity contribution is 6.02. The fourth-order valence-electron chi connectivity index (χ4n) is 5.81. The molecule has 0 radical (unpaired) electrons. The third-order valence-electron chi connectivity index (χ3n) is 8.03.